The molecule has 0 amide bonds. The lowest BCUT2D eigenvalue weighted by Gasteiger charge is -2.16. The van der Waals surface area contributed by atoms with Crippen LogP contribution in [0, 0.1) is 0 Å². The molecule has 1 atom stereocenters. The Bertz CT molecular complexity index is 319. The van der Waals surface area contributed by atoms with Crippen LogP contribution in [-0.2, 0) is 6.42 Å². The zero-order valence-electron chi connectivity index (χ0n) is 9.40. The predicted octanol–water partition coefficient (Wildman–Crippen LogP) is 2.10. The summed E-state index contributed by atoms with van der Waals surface area (Å²) in [6.45, 7) is 5.54. The molecular weight excluding hydrogens is 192 g/mol. The van der Waals surface area contributed by atoms with Crippen LogP contribution >= 0.6 is 0 Å². The van der Waals surface area contributed by atoms with Crippen molar-refractivity contribution in [2.24, 2.45) is 0 Å². The Labute approximate surface area is 90.3 Å². The SMILES string of the molecule is CC(O)Cc1c(O)cccc1OC(C)C. The molecule has 0 saturated heterocycles. The number of hydrogen-bond acceptors (Lipinski definition) is 3. The first-order valence-corrected chi connectivity index (χ1v) is 5.16. The highest BCUT2D eigenvalue weighted by atomic mass is 16.5. The molecule has 0 bridgehead atoms. The van der Waals surface area contributed by atoms with Gasteiger partial charge in [-0.1, -0.05) is 6.07 Å². The van der Waals surface area contributed by atoms with Gasteiger partial charge >= 0.3 is 0 Å². The number of aliphatic hydroxyl groups is 1. The van der Waals surface area contributed by atoms with Gasteiger partial charge in [-0.25, -0.2) is 0 Å². The highest BCUT2D eigenvalue weighted by Crippen LogP contribution is 2.29. The minimum Gasteiger partial charge on any atom is -0.508 e. The maximum absolute atomic E-state index is 9.66. The van der Waals surface area contributed by atoms with Crippen LogP contribution in [0.2, 0.25) is 0 Å². The van der Waals surface area contributed by atoms with Gasteiger partial charge in [-0.15, -0.1) is 0 Å². The van der Waals surface area contributed by atoms with E-state index in [0.717, 1.165) is 0 Å². The fraction of sp³-hybridized carbons (Fsp3) is 0.500. The number of ether oxygens (including phenoxy) is 1. The molecule has 1 aromatic rings. The minimum atomic E-state index is -0.493. The van der Waals surface area contributed by atoms with Crippen molar-refractivity contribution in [3.05, 3.63) is 23.8 Å². The summed E-state index contributed by atoms with van der Waals surface area (Å²) >= 11 is 0. The van der Waals surface area contributed by atoms with Crippen LogP contribution in [0.25, 0.3) is 0 Å². The van der Waals surface area contributed by atoms with Gasteiger partial charge in [-0.2, -0.15) is 0 Å². The molecule has 0 spiro atoms. The van der Waals surface area contributed by atoms with Gasteiger partial charge in [0.2, 0.25) is 0 Å². The molecular formula is C12H18O3. The molecule has 0 saturated carbocycles. The standard InChI is InChI=1S/C12H18O3/c1-8(2)15-12-6-4-5-11(14)10(12)7-9(3)13/h4-6,8-9,13-14H,7H2,1-3H3. The molecule has 2 N–H and O–H groups in total. The highest BCUT2D eigenvalue weighted by molar-refractivity contribution is 5.44. The third-order valence-corrected chi connectivity index (χ3v) is 1.97. The molecule has 1 rings (SSSR count). The van der Waals surface area contributed by atoms with E-state index in [2.05, 4.69) is 0 Å². The minimum absolute atomic E-state index is 0.0551. The number of rotatable bonds is 4. The Balaban J connectivity index is 2.97. The van der Waals surface area contributed by atoms with Crippen molar-refractivity contribution < 1.29 is 14.9 Å². The number of aromatic hydroxyl groups is 1. The van der Waals surface area contributed by atoms with Crippen molar-refractivity contribution in [1.29, 1.82) is 0 Å². The third kappa shape index (κ3) is 3.44. The van der Waals surface area contributed by atoms with E-state index in [0.29, 0.717) is 17.7 Å². The average molecular weight is 210 g/mol. The Kier molecular flexibility index (Phi) is 3.97. The summed E-state index contributed by atoms with van der Waals surface area (Å²) in [6, 6.07) is 5.14. The number of hydrogen-bond donors (Lipinski definition) is 2. The van der Waals surface area contributed by atoms with E-state index >= 15 is 0 Å². The summed E-state index contributed by atoms with van der Waals surface area (Å²) in [5.74, 6) is 0.819. The molecule has 0 aliphatic rings. The van der Waals surface area contributed by atoms with Gasteiger partial charge in [0.1, 0.15) is 11.5 Å². The number of benzene rings is 1. The molecule has 0 fully saturated rings. The van der Waals surface area contributed by atoms with Crippen molar-refractivity contribution in [2.45, 2.75) is 39.4 Å². The summed E-state index contributed by atoms with van der Waals surface area (Å²) in [7, 11) is 0. The van der Waals surface area contributed by atoms with E-state index in [-0.39, 0.29) is 11.9 Å². The molecule has 1 aromatic carbocycles. The van der Waals surface area contributed by atoms with Gasteiger partial charge in [0.05, 0.1) is 12.2 Å². The van der Waals surface area contributed by atoms with Crippen LogP contribution in [0.4, 0.5) is 0 Å². The van der Waals surface area contributed by atoms with Crippen molar-refractivity contribution in [1.82, 2.24) is 0 Å². The fourth-order valence-corrected chi connectivity index (χ4v) is 1.42. The van der Waals surface area contributed by atoms with E-state index in [1.165, 1.54) is 0 Å². The molecule has 0 aromatic heterocycles. The normalized spacial score (nSPS) is 12.9. The first-order valence-electron chi connectivity index (χ1n) is 5.16. The number of phenolic OH excluding ortho intramolecular Hbond substituents is 1. The van der Waals surface area contributed by atoms with E-state index in [4.69, 9.17) is 4.74 Å². The lowest BCUT2D eigenvalue weighted by molar-refractivity contribution is 0.188. The van der Waals surface area contributed by atoms with Crippen LogP contribution in [-0.4, -0.2) is 22.4 Å². The molecule has 0 heterocycles. The first-order chi connectivity index (χ1) is 7.00. The van der Waals surface area contributed by atoms with Gasteiger partial charge in [0.25, 0.3) is 0 Å². The Morgan fingerprint density at radius 3 is 2.47 bits per heavy atom. The van der Waals surface area contributed by atoms with Gasteiger partial charge in [0.15, 0.2) is 0 Å². The van der Waals surface area contributed by atoms with Crippen molar-refractivity contribution in [3.8, 4) is 11.5 Å². The van der Waals surface area contributed by atoms with Gasteiger partial charge in [-0.3, -0.25) is 0 Å². The quantitative estimate of drug-likeness (QED) is 0.800. The predicted molar refractivity (Wildman–Crippen MR) is 59.3 cm³/mol. The van der Waals surface area contributed by atoms with Crippen LogP contribution in [0.15, 0.2) is 18.2 Å². The van der Waals surface area contributed by atoms with Crippen LogP contribution in [0.5, 0.6) is 11.5 Å². The van der Waals surface area contributed by atoms with E-state index in [1.807, 2.05) is 13.8 Å². The second-order valence-corrected chi connectivity index (χ2v) is 3.97. The Hall–Kier alpha value is -1.22. The van der Waals surface area contributed by atoms with E-state index in [1.54, 1.807) is 25.1 Å². The second-order valence-electron chi connectivity index (χ2n) is 3.97. The molecule has 3 heteroatoms. The molecule has 84 valence electrons. The molecule has 15 heavy (non-hydrogen) atoms. The van der Waals surface area contributed by atoms with Crippen LogP contribution in [0.1, 0.15) is 26.3 Å². The monoisotopic (exact) mass is 210 g/mol. The van der Waals surface area contributed by atoms with E-state index < -0.39 is 6.10 Å². The first kappa shape index (κ1) is 11.9. The molecule has 3 nitrogen and oxygen atoms in total. The van der Waals surface area contributed by atoms with Crippen LogP contribution in [0.3, 0.4) is 0 Å². The highest BCUT2D eigenvalue weighted by Gasteiger charge is 2.12. The van der Waals surface area contributed by atoms with Crippen molar-refractivity contribution in [2.75, 3.05) is 0 Å². The topological polar surface area (TPSA) is 49.7 Å². The zero-order chi connectivity index (χ0) is 11.4. The fourth-order valence-electron chi connectivity index (χ4n) is 1.42. The van der Waals surface area contributed by atoms with Crippen molar-refractivity contribution >= 4 is 0 Å². The maximum atomic E-state index is 9.66. The molecule has 0 aliphatic carbocycles. The third-order valence-electron chi connectivity index (χ3n) is 1.97. The molecule has 0 aliphatic heterocycles. The summed E-state index contributed by atoms with van der Waals surface area (Å²) in [4.78, 5) is 0. The average Bonchev–Trinajstić information content (AvgIpc) is 2.09. The zero-order valence-corrected chi connectivity index (χ0v) is 9.40. The van der Waals surface area contributed by atoms with E-state index in [9.17, 15) is 10.2 Å². The lowest BCUT2D eigenvalue weighted by atomic mass is 10.1. The summed E-state index contributed by atoms with van der Waals surface area (Å²) in [6.07, 6.45) is -0.0401. The van der Waals surface area contributed by atoms with Gasteiger partial charge in [0, 0.05) is 12.0 Å². The lowest BCUT2D eigenvalue weighted by Crippen LogP contribution is -2.11. The molecule has 1 unspecified atom stereocenters. The Morgan fingerprint density at radius 1 is 1.27 bits per heavy atom. The Morgan fingerprint density at radius 2 is 1.93 bits per heavy atom. The largest absolute Gasteiger partial charge is 0.508 e. The second kappa shape index (κ2) is 5.03. The summed E-state index contributed by atoms with van der Waals surface area (Å²) in [5.41, 5.74) is 0.668. The van der Waals surface area contributed by atoms with Gasteiger partial charge < -0.3 is 14.9 Å². The summed E-state index contributed by atoms with van der Waals surface area (Å²) < 4.78 is 5.56. The smallest absolute Gasteiger partial charge is 0.126 e. The number of phenols is 1. The van der Waals surface area contributed by atoms with Crippen LogP contribution < -0.4 is 4.74 Å². The molecule has 0 radical (unpaired) electrons. The number of aliphatic hydroxyl groups excluding tert-OH is 1. The summed E-state index contributed by atoms with van der Waals surface area (Å²) in [5, 5.41) is 19.0. The maximum Gasteiger partial charge on any atom is 0.126 e. The van der Waals surface area contributed by atoms with Gasteiger partial charge in [-0.05, 0) is 32.9 Å². The van der Waals surface area contributed by atoms with Crippen molar-refractivity contribution in [3.63, 3.8) is 0 Å².